The fraction of sp³-hybridized carbons (Fsp3) is 0.345. The Balaban J connectivity index is 1.33. The van der Waals surface area contributed by atoms with E-state index in [9.17, 15) is 9.59 Å². The highest BCUT2D eigenvalue weighted by atomic mass is 16.5. The third kappa shape index (κ3) is 3.80. The van der Waals surface area contributed by atoms with Gasteiger partial charge in [-0.15, -0.1) is 0 Å². The molecule has 0 fully saturated rings. The summed E-state index contributed by atoms with van der Waals surface area (Å²) in [6.07, 6.45) is 7.05. The van der Waals surface area contributed by atoms with Crippen LogP contribution in [0.2, 0.25) is 0 Å². The third-order valence-electron chi connectivity index (χ3n) is 8.28. The SMILES string of the molecule is CN1CCc2cc(Nc3ncc4c(=O)n5n(c4n3)-c3ccc4c(n3)N(CC/C=C/C5)C(=O)CO4)ccc2C1(C)C. The van der Waals surface area contributed by atoms with E-state index in [0.29, 0.717) is 53.9 Å². The number of nitrogens with one attached hydrogen (secondary N) is 1. The van der Waals surface area contributed by atoms with E-state index in [4.69, 9.17) is 14.7 Å². The van der Waals surface area contributed by atoms with Crippen molar-refractivity contribution < 1.29 is 9.53 Å². The Bertz CT molecular complexity index is 1770. The van der Waals surface area contributed by atoms with Gasteiger partial charge in [-0.1, -0.05) is 18.2 Å². The van der Waals surface area contributed by atoms with Gasteiger partial charge in [-0.2, -0.15) is 4.98 Å². The molecule has 0 saturated carbocycles. The van der Waals surface area contributed by atoms with Gasteiger partial charge < -0.3 is 10.1 Å². The zero-order valence-electron chi connectivity index (χ0n) is 22.7. The van der Waals surface area contributed by atoms with E-state index in [0.717, 1.165) is 18.7 Å². The summed E-state index contributed by atoms with van der Waals surface area (Å²) in [4.78, 5) is 44.2. The highest BCUT2D eigenvalue weighted by molar-refractivity contribution is 5.96. The van der Waals surface area contributed by atoms with E-state index in [1.165, 1.54) is 11.1 Å². The minimum Gasteiger partial charge on any atom is -0.480 e. The molecule has 1 aromatic carbocycles. The van der Waals surface area contributed by atoms with Crippen LogP contribution < -0.4 is 20.5 Å². The summed E-state index contributed by atoms with van der Waals surface area (Å²) in [7, 11) is 2.16. The molecule has 4 aromatic rings. The number of rotatable bonds is 2. The van der Waals surface area contributed by atoms with Crippen LogP contribution in [0, 0.1) is 0 Å². The first-order valence-corrected chi connectivity index (χ1v) is 13.5. The highest BCUT2D eigenvalue weighted by Crippen LogP contribution is 2.36. The minimum atomic E-state index is -0.214. The van der Waals surface area contributed by atoms with Crippen LogP contribution in [0.5, 0.6) is 5.75 Å². The summed E-state index contributed by atoms with van der Waals surface area (Å²) in [5.41, 5.74) is 3.68. The average molecular weight is 539 g/mol. The van der Waals surface area contributed by atoms with Gasteiger partial charge in [0.25, 0.3) is 11.5 Å². The van der Waals surface area contributed by atoms with Crippen molar-refractivity contribution >= 4 is 34.4 Å². The number of carbonyl (C=O) groups excluding carboxylic acids is 1. The topological polar surface area (TPSA) is 110 Å². The van der Waals surface area contributed by atoms with Crippen LogP contribution in [0.3, 0.4) is 0 Å². The molecule has 0 aliphatic carbocycles. The van der Waals surface area contributed by atoms with Crippen LogP contribution in [-0.2, 0) is 23.3 Å². The molecule has 1 N–H and O–H groups in total. The molecule has 2 bridgehead atoms. The van der Waals surface area contributed by atoms with Crippen LogP contribution in [0.1, 0.15) is 31.4 Å². The number of hydrogen-bond donors (Lipinski definition) is 1. The Hall–Kier alpha value is -4.51. The zero-order valence-corrected chi connectivity index (χ0v) is 22.7. The molecule has 0 atom stereocenters. The number of fused-ring (bicyclic) bond motifs is 6. The smallest absolute Gasteiger partial charge is 0.278 e. The maximum atomic E-state index is 13.5. The van der Waals surface area contributed by atoms with E-state index in [1.54, 1.807) is 32.6 Å². The molecule has 7 rings (SSSR count). The zero-order chi connectivity index (χ0) is 27.6. The van der Waals surface area contributed by atoms with E-state index in [1.807, 2.05) is 18.2 Å². The lowest BCUT2D eigenvalue weighted by molar-refractivity contribution is -0.121. The molecule has 0 radical (unpaired) electrons. The Morgan fingerprint density at radius 2 is 1.93 bits per heavy atom. The number of carbonyl (C=O) groups is 1. The fourth-order valence-electron chi connectivity index (χ4n) is 5.78. The molecule has 11 heteroatoms. The molecule has 3 aromatic heterocycles. The molecule has 0 unspecified atom stereocenters. The van der Waals surface area contributed by atoms with Gasteiger partial charge in [0.05, 0.1) is 6.54 Å². The van der Waals surface area contributed by atoms with Gasteiger partial charge in [0.2, 0.25) is 5.95 Å². The summed E-state index contributed by atoms with van der Waals surface area (Å²) in [6.45, 7) is 6.26. The third-order valence-corrected chi connectivity index (χ3v) is 8.28. The molecule has 40 heavy (non-hydrogen) atoms. The molecule has 1 amide bonds. The highest BCUT2D eigenvalue weighted by Gasteiger charge is 2.32. The van der Waals surface area contributed by atoms with Crippen molar-refractivity contribution in [3.05, 3.63) is 70.2 Å². The number of anilines is 3. The largest absolute Gasteiger partial charge is 0.480 e. The predicted octanol–water partition coefficient (Wildman–Crippen LogP) is 3.13. The number of hydrogen-bond acceptors (Lipinski definition) is 8. The number of likely N-dealkylation sites (N-methyl/N-ethyl adjacent to an activating group) is 1. The maximum Gasteiger partial charge on any atom is 0.278 e. The maximum absolute atomic E-state index is 13.5. The molecular formula is C29H30N8O3. The number of aromatic nitrogens is 5. The van der Waals surface area contributed by atoms with Crippen LogP contribution in [-0.4, -0.2) is 61.9 Å². The van der Waals surface area contributed by atoms with Gasteiger partial charge in [-0.3, -0.25) is 19.4 Å². The fourth-order valence-corrected chi connectivity index (χ4v) is 5.78. The summed E-state index contributed by atoms with van der Waals surface area (Å²) < 4.78 is 8.92. The molecule has 3 aliphatic rings. The Labute approximate surface area is 230 Å². The van der Waals surface area contributed by atoms with Crippen LogP contribution in [0.4, 0.5) is 17.5 Å². The van der Waals surface area contributed by atoms with Crippen LogP contribution in [0.25, 0.3) is 16.9 Å². The lowest BCUT2D eigenvalue weighted by Crippen LogP contribution is -2.43. The van der Waals surface area contributed by atoms with E-state index >= 15 is 0 Å². The number of ether oxygens (including phenoxy) is 1. The molecule has 204 valence electrons. The summed E-state index contributed by atoms with van der Waals surface area (Å²) in [5.74, 6) is 1.68. The number of nitrogens with zero attached hydrogens (tertiary/aromatic N) is 7. The lowest BCUT2D eigenvalue weighted by Gasteiger charge is -2.41. The lowest BCUT2D eigenvalue weighted by atomic mass is 9.83. The average Bonchev–Trinajstić information content (AvgIpc) is 3.20. The van der Waals surface area contributed by atoms with Gasteiger partial charge >= 0.3 is 0 Å². The van der Waals surface area contributed by atoms with Gasteiger partial charge in [0, 0.05) is 30.5 Å². The van der Waals surface area contributed by atoms with Crippen molar-refractivity contribution in [2.45, 2.75) is 38.8 Å². The molecule has 11 nitrogen and oxygen atoms in total. The van der Waals surface area contributed by atoms with E-state index < -0.39 is 0 Å². The number of allylic oxidation sites excluding steroid dienone is 1. The van der Waals surface area contributed by atoms with Crippen molar-refractivity contribution in [1.29, 1.82) is 0 Å². The van der Waals surface area contributed by atoms with Crippen molar-refractivity contribution in [3.8, 4) is 11.6 Å². The second-order valence-corrected chi connectivity index (χ2v) is 10.9. The van der Waals surface area contributed by atoms with Gasteiger partial charge in [0.1, 0.15) is 5.39 Å². The predicted molar refractivity (Wildman–Crippen MR) is 152 cm³/mol. The van der Waals surface area contributed by atoms with Crippen molar-refractivity contribution in [2.75, 3.05) is 37.0 Å². The second-order valence-electron chi connectivity index (χ2n) is 10.9. The Morgan fingerprint density at radius 3 is 2.80 bits per heavy atom. The summed E-state index contributed by atoms with van der Waals surface area (Å²) in [5, 5.41) is 3.72. The monoisotopic (exact) mass is 538 g/mol. The Kier molecular flexibility index (Phi) is 5.53. The quantitative estimate of drug-likeness (QED) is 0.388. The standard InChI is InChI=1S/C29H30N8O3/c1-29(2)21-8-7-19(15-18(21)11-14-34(29)3)31-28-30-16-20-25(33-28)37-23-10-9-22-26(32-23)35(24(38)17-40-22)12-5-4-6-13-36(37)27(20)39/h4,6-10,15-16H,5,11-14,17H2,1-3H3,(H,30,31,33)/b6-4+. The molecule has 0 saturated heterocycles. The van der Waals surface area contributed by atoms with Gasteiger partial charge in [0.15, 0.2) is 29.6 Å². The molecule has 3 aliphatic heterocycles. The number of amides is 1. The van der Waals surface area contributed by atoms with Gasteiger partial charge in [-0.25, -0.2) is 19.3 Å². The second kappa shape index (κ2) is 9.02. The van der Waals surface area contributed by atoms with E-state index in [2.05, 4.69) is 48.2 Å². The number of pyridine rings is 1. The normalized spacial score (nSPS) is 18.9. The van der Waals surface area contributed by atoms with Gasteiger partial charge in [-0.05, 0) is 69.1 Å². The summed E-state index contributed by atoms with van der Waals surface area (Å²) >= 11 is 0. The van der Waals surface area contributed by atoms with Crippen LogP contribution >= 0.6 is 0 Å². The minimum absolute atomic E-state index is 0.0198. The summed E-state index contributed by atoms with van der Waals surface area (Å²) in [6, 6.07) is 9.93. The van der Waals surface area contributed by atoms with E-state index in [-0.39, 0.29) is 23.6 Å². The number of benzene rings is 1. The molecule has 6 heterocycles. The molecule has 0 spiro atoms. The first kappa shape index (κ1) is 24.5. The van der Waals surface area contributed by atoms with Crippen molar-refractivity contribution in [2.24, 2.45) is 0 Å². The first-order chi connectivity index (χ1) is 19.3. The Morgan fingerprint density at radius 1 is 1.05 bits per heavy atom. The van der Waals surface area contributed by atoms with Crippen LogP contribution in [0.15, 0.2) is 53.5 Å². The molecular weight excluding hydrogens is 508 g/mol. The van der Waals surface area contributed by atoms with Crippen molar-refractivity contribution in [3.63, 3.8) is 0 Å². The van der Waals surface area contributed by atoms with Crippen molar-refractivity contribution in [1.82, 2.24) is 29.2 Å². The first-order valence-electron chi connectivity index (χ1n) is 13.5.